The maximum Gasteiger partial charge on any atom is 0.160 e. The van der Waals surface area contributed by atoms with E-state index in [9.17, 15) is 0 Å². The van der Waals surface area contributed by atoms with Crippen molar-refractivity contribution in [2.75, 3.05) is 0 Å². The van der Waals surface area contributed by atoms with Crippen LogP contribution in [0.2, 0.25) is 0 Å². The van der Waals surface area contributed by atoms with Gasteiger partial charge in [-0.1, -0.05) is 115 Å². The lowest BCUT2D eigenvalue weighted by Crippen LogP contribution is -1.97. The number of fused-ring (bicyclic) bond motifs is 2. The minimum atomic E-state index is 0.664. The molecular formula is C52H34N4. The third-order valence-electron chi connectivity index (χ3n) is 10.3. The lowest BCUT2D eigenvalue weighted by Gasteiger charge is -2.15. The summed E-state index contributed by atoms with van der Waals surface area (Å²) in [7, 11) is 0. The molecule has 0 bridgehead atoms. The molecule has 0 aliphatic heterocycles. The summed E-state index contributed by atoms with van der Waals surface area (Å²) in [4.78, 5) is 20.1. The Hall–Kier alpha value is -7.56. The predicted molar refractivity (Wildman–Crippen MR) is 231 cm³/mol. The van der Waals surface area contributed by atoms with Crippen molar-refractivity contribution in [3.63, 3.8) is 0 Å². The van der Waals surface area contributed by atoms with Gasteiger partial charge in [0.25, 0.3) is 0 Å². The lowest BCUT2D eigenvalue weighted by molar-refractivity contribution is 1.23. The zero-order chi connectivity index (χ0) is 37.3. The third-order valence-corrected chi connectivity index (χ3v) is 10.3. The highest BCUT2D eigenvalue weighted by Gasteiger charge is 2.17. The minimum Gasteiger partial charge on any atom is -0.256 e. The highest BCUT2D eigenvalue weighted by Crippen LogP contribution is 2.38. The van der Waals surface area contributed by atoms with Crippen molar-refractivity contribution in [3.8, 4) is 78.5 Å². The van der Waals surface area contributed by atoms with Crippen LogP contribution in [0.4, 0.5) is 0 Å². The quantitative estimate of drug-likeness (QED) is 0.165. The molecule has 3 aromatic heterocycles. The summed E-state index contributed by atoms with van der Waals surface area (Å²) < 4.78 is 0. The molecule has 262 valence electrons. The predicted octanol–water partition coefficient (Wildman–Crippen LogP) is 13.2. The van der Waals surface area contributed by atoms with E-state index >= 15 is 0 Å². The van der Waals surface area contributed by atoms with Gasteiger partial charge < -0.3 is 0 Å². The molecule has 0 aliphatic carbocycles. The second-order valence-corrected chi connectivity index (χ2v) is 13.9. The van der Waals surface area contributed by atoms with Gasteiger partial charge in [0.15, 0.2) is 5.82 Å². The number of pyridine rings is 2. The van der Waals surface area contributed by atoms with Crippen molar-refractivity contribution in [1.82, 2.24) is 19.9 Å². The number of benzene rings is 7. The van der Waals surface area contributed by atoms with E-state index in [-0.39, 0.29) is 0 Å². The number of rotatable bonds is 7. The lowest BCUT2D eigenvalue weighted by atomic mass is 9.92. The molecule has 0 atom stereocenters. The van der Waals surface area contributed by atoms with Gasteiger partial charge in [-0.15, -0.1) is 0 Å². The van der Waals surface area contributed by atoms with Crippen LogP contribution in [0.25, 0.3) is 100 Å². The fraction of sp³-hybridized carbons (Fsp3) is 0. The van der Waals surface area contributed by atoms with Crippen LogP contribution < -0.4 is 0 Å². The summed E-state index contributed by atoms with van der Waals surface area (Å²) in [6.45, 7) is 0. The normalized spacial score (nSPS) is 11.2. The highest BCUT2D eigenvalue weighted by atomic mass is 14.9. The van der Waals surface area contributed by atoms with Crippen LogP contribution in [0.5, 0.6) is 0 Å². The average Bonchev–Trinajstić information content (AvgIpc) is 3.29. The molecular weight excluding hydrogens is 681 g/mol. The largest absolute Gasteiger partial charge is 0.256 e. The van der Waals surface area contributed by atoms with Gasteiger partial charge in [0.05, 0.1) is 22.6 Å². The summed E-state index contributed by atoms with van der Waals surface area (Å²) in [6, 6.07) is 67.9. The van der Waals surface area contributed by atoms with Crippen molar-refractivity contribution < 1.29 is 0 Å². The Morgan fingerprint density at radius 2 is 0.804 bits per heavy atom. The van der Waals surface area contributed by atoms with E-state index in [0.717, 1.165) is 83.6 Å². The molecule has 7 aromatic carbocycles. The Labute approximate surface area is 325 Å². The van der Waals surface area contributed by atoms with Crippen molar-refractivity contribution in [2.24, 2.45) is 0 Å². The molecule has 0 saturated heterocycles. The summed E-state index contributed by atoms with van der Waals surface area (Å²) in [6.07, 6.45) is 3.67. The average molecular weight is 715 g/mol. The molecule has 4 nitrogen and oxygen atoms in total. The Kier molecular flexibility index (Phi) is 8.47. The van der Waals surface area contributed by atoms with Crippen molar-refractivity contribution in [3.05, 3.63) is 207 Å². The molecule has 10 rings (SSSR count). The van der Waals surface area contributed by atoms with Crippen LogP contribution in [0.1, 0.15) is 0 Å². The monoisotopic (exact) mass is 714 g/mol. The molecule has 0 N–H and O–H groups in total. The first kappa shape index (κ1) is 33.0. The molecule has 0 unspecified atom stereocenters. The van der Waals surface area contributed by atoms with E-state index in [0.29, 0.717) is 5.82 Å². The fourth-order valence-corrected chi connectivity index (χ4v) is 7.50. The number of hydrogen-bond donors (Lipinski definition) is 0. The van der Waals surface area contributed by atoms with Crippen LogP contribution in [-0.2, 0) is 0 Å². The molecule has 0 saturated carbocycles. The van der Waals surface area contributed by atoms with Crippen LogP contribution in [0.3, 0.4) is 0 Å². The molecule has 0 fully saturated rings. The summed E-state index contributed by atoms with van der Waals surface area (Å²) in [5, 5.41) is 3.44. The summed E-state index contributed by atoms with van der Waals surface area (Å²) in [5.74, 6) is 0.664. The van der Waals surface area contributed by atoms with E-state index in [1.54, 1.807) is 0 Å². The molecule has 4 heteroatoms. The van der Waals surface area contributed by atoms with Gasteiger partial charge in [-0.2, -0.15) is 0 Å². The van der Waals surface area contributed by atoms with Crippen molar-refractivity contribution in [2.45, 2.75) is 0 Å². The molecule has 0 spiro atoms. The topological polar surface area (TPSA) is 51.6 Å². The van der Waals surface area contributed by atoms with Crippen molar-refractivity contribution >= 4 is 21.7 Å². The molecule has 0 amide bonds. The Morgan fingerprint density at radius 3 is 1.46 bits per heavy atom. The standard InChI is InChI=1S/C52H34N4/c1-3-13-35(14-4-1)41-28-42(43-29-44(48-19-9-11-25-53-48)33-45(30-43)49-20-10-12-26-54-49)32-46(31-41)52-55-50-34-40(39-22-21-36-15-7-8-18-38(36)27-39)23-24-47(50)51(56-52)37-16-5-2-6-17-37/h1-34H. The van der Waals surface area contributed by atoms with Gasteiger partial charge in [-0.25, -0.2) is 9.97 Å². The van der Waals surface area contributed by atoms with Crippen molar-refractivity contribution in [1.29, 1.82) is 0 Å². The first-order valence-corrected chi connectivity index (χ1v) is 18.8. The molecule has 3 heterocycles. The Bertz CT molecular complexity index is 2940. The third kappa shape index (κ3) is 6.50. The maximum absolute atomic E-state index is 5.35. The SMILES string of the molecule is c1ccc(-c2cc(-c3cc(-c4ccccn4)cc(-c4ccccn4)c3)cc(-c3nc(-c4ccccc4)c4ccc(-c5ccc6ccccc6c5)cc4n3)c2)cc1. The van der Waals surface area contributed by atoms with Crippen LogP contribution in [0, 0.1) is 0 Å². The maximum atomic E-state index is 5.35. The number of hydrogen-bond acceptors (Lipinski definition) is 4. The minimum absolute atomic E-state index is 0.664. The highest BCUT2D eigenvalue weighted by molar-refractivity contribution is 5.97. The van der Waals surface area contributed by atoms with Gasteiger partial charge >= 0.3 is 0 Å². The molecule has 0 aliphatic rings. The van der Waals surface area contributed by atoms with Gasteiger partial charge in [0.1, 0.15) is 0 Å². The van der Waals surface area contributed by atoms with Crippen LogP contribution in [0.15, 0.2) is 207 Å². The van der Waals surface area contributed by atoms with E-state index in [4.69, 9.17) is 19.9 Å². The first-order chi connectivity index (χ1) is 27.7. The van der Waals surface area contributed by atoms with Gasteiger partial charge in [-0.3, -0.25) is 9.97 Å². The van der Waals surface area contributed by atoms with E-state index < -0.39 is 0 Å². The summed E-state index contributed by atoms with van der Waals surface area (Å²) in [5.41, 5.74) is 14.2. The van der Waals surface area contributed by atoms with Gasteiger partial charge in [-0.05, 0) is 123 Å². The second-order valence-electron chi connectivity index (χ2n) is 13.9. The number of aromatic nitrogens is 4. The molecule has 10 aromatic rings. The Balaban J connectivity index is 1.19. The zero-order valence-corrected chi connectivity index (χ0v) is 30.4. The molecule has 56 heavy (non-hydrogen) atoms. The van der Waals surface area contributed by atoms with Gasteiger partial charge in [0.2, 0.25) is 0 Å². The zero-order valence-electron chi connectivity index (χ0n) is 30.4. The van der Waals surface area contributed by atoms with Crippen LogP contribution in [-0.4, -0.2) is 19.9 Å². The van der Waals surface area contributed by atoms with E-state index in [1.165, 1.54) is 10.8 Å². The van der Waals surface area contributed by atoms with E-state index in [2.05, 4.69) is 152 Å². The first-order valence-electron chi connectivity index (χ1n) is 18.8. The smallest absolute Gasteiger partial charge is 0.160 e. The fourth-order valence-electron chi connectivity index (χ4n) is 7.50. The molecule has 0 radical (unpaired) electrons. The summed E-state index contributed by atoms with van der Waals surface area (Å²) >= 11 is 0. The second kappa shape index (κ2) is 14.3. The van der Waals surface area contributed by atoms with Gasteiger partial charge in [0, 0.05) is 40.0 Å². The Morgan fingerprint density at radius 1 is 0.286 bits per heavy atom. The van der Waals surface area contributed by atoms with E-state index in [1.807, 2.05) is 54.9 Å². The number of nitrogens with zero attached hydrogens (tertiary/aromatic N) is 4. The van der Waals surface area contributed by atoms with Crippen LogP contribution >= 0.6 is 0 Å².